The third kappa shape index (κ3) is 2.15. The van der Waals surface area contributed by atoms with E-state index in [0.717, 1.165) is 28.5 Å². The number of benzene rings is 1. The summed E-state index contributed by atoms with van der Waals surface area (Å²) in [6, 6.07) is 3.86. The van der Waals surface area contributed by atoms with Gasteiger partial charge in [0.05, 0.1) is 5.52 Å². The van der Waals surface area contributed by atoms with Crippen LogP contribution in [0.4, 0.5) is 0 Å². The average molecular weight is 252 g/mol. The standard InChI is InChI=1S/C13H14ClNO2/c1-3-9-6-15(7-13(16)17)12-5-11(14)8(2)4-10(9)12/h4-6H,3,7H2,1-2H3,(H,16,17). The molecule has 1 aromatic heterocycles. The number of halogens is 1. The Morgan fingerprint density at radius 1 is 1.47 bits per heavy atom. The number of hydrogen-bond acceptors (Lipinski definition) is 1. The number of carboxylic acids is 1. The number of carboxylic acid groups (broad SMARTS) is 1. The lowest BCUT2D eigenvalue weighted by molar-refractivity contribution is -0.137. The van der Waals surface area contributed by atoms with E-state index in [2.05, 4.69) is 6.92 Å². The monoisotopic (exact) mass is 251 g/mol. The van der Waals surface area contributed by atoms with Gasteiger partial charge in [-0.2, -0.15) is 0 Å². The van der Waals surface area contributed by atoms with E-state index in [1.165, 1.54) is 0 Å². The predicted molar refractivity (Wildman–Crippen MR) is 68.7 cm³/mol. The van der Waals surface area contributed by atoms with Crippen molar-refractivity contribution in [1.82, 2.24) is 4.57 Å². The summed E-state index contributed by atoms with van der Waals surface area (Å²) in [4.78, 5) is 10.8. The molecule has 0 fully saturated rings. The summed E-state index contributed by atoms with van der Waals surface area (Å²) < 4.78 is 1.74. The average Bonchev–Trinajstić information content (AvgIpc) is 2.57. The molecular formula is C13H14ClNO2. The minimum absolute atomic E-state index is 0.0319. The summed E-state index contributed by atoms with van der Waals surface area (Å²) in [5.41, 5.74) is 3.06. The highest BCUT2D eigenvalue weighted by Gasteiger charge is 2.11. The van der Waals surface area contributed by atoms with Crippen LogP contribution in [0.2, 0.25) is 5.02 Å². The molecule has 17 heavy (non-hydrogen) atoms. The van der Waals surface area contributed by atoms with E-state index in [-0.39, 0.29) is 6.54 Å². The second-order valence-electron chi connectivity index (χ2n) is 4.15. The Morgan fingerprint density at radius 3 is 2.76 bits per heavy atom. The molecule has 0 spiro atoms. The van der Waals surface area contributed by atoms with Gasteiger partial charge in [-0.3, -0.25) is 4.79 Å². The lowest BCUT2D eigenvalue weighted by Crippen LogP contribution is -2.07. The smallest absolute Gasteiger partial charge is 0.323 e. The van der Waals surface area contributed by atoms with Gasteiger partial charge in [-0.05, 0) is 36.6 Å². The number of aromatic nitrogens is 1. The Hall–Kier alpha value is -1.48. The van der Waals surface area contributed by atoms with Gasteiger partial charge in [-0.15, -0.1) is 0 Å². The van der Waals surface area contributed by atoms with Crippen molar-refractivity contribution < 1.29 is 9.90 Å². The van der Waals surface area contributed by atoms with Gasteiger partial charge >= 0.3 is 5.97 Å². The summed E-state index contributed by atoms with van der Waals surface area (Å²) >= 11 is 6.09. The second-order valence-corrected chi connectivity index (χ2v) is 4.56. The van der Waals surface area contributed by atoms with Gasteiger partial charge < -0.3 is 9.67 Å². The fourth-order valence-electron chi connectivity index (χ4n) is 2.05. The summed E-state index contributed by atoms with van der Waals surface area (Å²) in [5.74, 6) is -0.846. The van der Waals surface area contributed by atoms with Crippen molar-refractivity contribution in [3.05, 3.63) is 34.5 Å². The fourth-order valence-corrected chi connectivity index (χ4v) is 2.21. The molecule has 0 bridgehead atoms. The van der Waals surface area contributed by atoms with Gasteiger partial charge in [0.25, 0.3) is 0 Å². The Kier molecular flexibility index (Phi) is 3.11. The highest BCUT2D eigenvalue weighted by Crippen LogP contribution is 2.28. The molecule has 0 saturated carbocycles. The minimum atomic E-state index is -0.846. The van der Waals surface area contributed by atoms with E-state index in [1.54, 1.807) is 4.57 Å². The Balaban J connectivity index is 2.69. The van der Waals surface area contributed by atoms with Crippen LogP contribution in [0.3, 0.4) is 0 Å². The third-order valence-corrected chi connectivity index (χ3v) is 3.34. The van der Waals surface area contributed by atoms with E-state index in [9.17, 15) is 4.79 Å². The molecule has 3 nitrogen and oxygen atoms in total. The van der Waals surface area contributed by atoms with Gasteiger partial charge in [0.2, 0.25) is 0 Å². The molecule has 2 aromatic rings. The molecule has 1 aromatic carbocycles. The van der Waals surface area contributed by atoms with Crippen LogP contribution in [0.1, 0.15) is 18.1 Å². The van der Waals surface area contributed by atoms with Crippen molar-refractivity contribution in [2.45, 2.75) is 26.8 Å². The lowest BCUT2D eigenvalue weighted by atomic mass is 10.1. The Bertz CT molecular complexity index is 587. The maximum Gasteiger partial charge on any atom is 0.323 e. The maximum absolute atomic E-state index is 10.8. The number of aliphatic carboxylic acids is 1. The largest absolute Gasteiger partial charge is 0.480 e. The normalized spacial score (nSPS) is 11.0. The van der Waals surface area contributed by atoms with Crippen molar-refractivity contribution in [2.24, 2.45) is 0 Å². The van der Waals surface area contributed by atoms with Gasteiger partial charge in [0.15, 0.2) is 0 Å². The van der Waals surface area contributed by atoms with Crippen LogP contribution in [0.25, 0.3) is 10.9 Å². The number of aryl methyl sites for hydroxylation is 2. The Morgan fingerprint density at radius 2 is 2.18 bits per heavy atom. The second kappa shape index (κ2) is 4.41. The first-order chi connectivity index (χ1) is 8.02. The summed E-state index contributed by atoms with van der Waals surface area (Å²) in [6.07, 6.45) is 2.78. The summed E-state index contributed by atoms with van der Waals surface area (Å²) in [6.45, 7) is 3.98. The van der Waals surface area contributed by atoms with Crippen molar-refractivity contribution in [2.75, 3.05) is 0 Å². The van der Waals surface area contributed by atoms with Crippen LogP contribution in [-0.4, -0.2) is 15.6 Å². The molecule has 0 atom stereocenters. The zero-order valence-corrected chi connectivity index (χ0v) is 10.6. The van der Waals surface area contributed by atoms with E-state index in [1.807, 2.05) is 25.3 Å². The molecule has 0 radical (unpaired) electrons. The van der Waals surface area contributed by atoms with Crippen molar-refractivity contribution in [3.8, 4) is 0 Å². The molecule has 1 N–H and O–H groups in total. The molecule has 1 heterocycles. The zero-order chi connectivity index (χ0) is 12.6. The molecule has 0 saturated heterocycles. The number of nitrogens with zero attached hydrogens (tertiary/aromatic N) is 1. The predicted octanol–water partition coefficient (Wildman–Crippen LogP) is 3.25. The molecule has 2 rings (SSSR count). The highest BCUT2D eigenvalue weighted by molar-refractivity contribution is 6.32. The van der Waals surface area contributed by atoms with E-state index >= 15 is 0 Å². The quantitative estimate of drug-likeness (QED) is 0.910. The lowest BCUT2D eigenvalue weighted by Gasteiger charge is -2.03. The van der Waals surface area contributed by atoms with Gasteiger partial charge in [0.1, 0.15) is 6.54 Å². The molecule has 0 aliphatic rings. The fraction of sp³-hybridized carbons (Fsp3) is 0.308. The first kappa shape index (κ1) is 12.0. The topological polar surface area (TPSA) is 42.2 Å². The van der Waals surface area contributed by atoms with Gasteiger partial charge in [-0.1, -0.05) is 18.5 Å². The minimum Gasteiger partial charge on any atom is -0.480 e. The van der Waals surface area contributed by atoms with E-state index in [4.69, 9.17) is 16.7 Å². The van der Waals surface area contributed by atoms with Gasteiger partial charge in [-0.25, -0.2) is 0 Å². The van der Waals surface area contributed by atoms with E-state index in [0.29, 0.717) is 5.02 Å². The summed E-state index contributed by atoms with van der Waals surface area (Å²) in [5, 5.41) is 10.6. The van der Waals surface area contributed by atoms with Gasteiger partial charge in [0, 0.05) is 16.6 Å². The molecule has 90 valence electrons. The number of hydrogen-bond donors (Lipinski definition) is 1. The van der Waals surface area contributed by atoms with Crippen LogP contribution >= 0.6 is 11.6 Å². The number of carbonyl (C=O) groups is 1. The highest BCUT2D eigenvalue weighted by atomic mass is 35.5. The van der Waals surface area contributed by atoms with Crippen LogP contribution < -0.4 is 0 Å². The Labute approximate surface area is 105 Å². The molecule has 0 amide bonds. The molecule has 0 aliphatic carbocycles. The van der Waals surface area contributed by atoms with Crippen LogP contribution in [0.15, 0.2) is 18.3 Å². The number of fused-ring (bicyclic) bond motifs is 1. The SMILES string of the molecule is CCc1cn(CC(=O)O)c2cc(Cl)c(C)cc12. The summed E-state index contributed by atoms with van der Waals surface area (Å²) in [7, 11) is 0. The van der Waals surface area contributed by atoms with Crippen LogP contribution in [0.5, 0.6) is 0 Å². The molecular weight excluding hydrogens is 238 g/mol. The van der Waals surface area contributed by atoms with Crippen molar-refractivity contribution in [1.29, 1.82) is 0 Å². The molecule has 0 aliphatic heterocycles. The molecule has 0 unspecified atom stereocenters. The first-order valence-electron chi connectivity index (χ1n) is 5.52. The number of rotatable bonds is 3. The molecule has 4 heteroatoms. The van der Waals surface area contributed by atoms with Crippen molar-refractivity contribution >= 4 is 28.5 Å². The van der Waals surface area contributed by atoms with Crippen LogP contribution in [-0.2, 0) is 17.8 Å². The van der Waals surface area contributed by atoms with E-state index < -0.39 is 5.97 Å². The van der Waals surface area contributed by atoms with Crippen LogP contribution in [0, 0.1) is 6.92 Å². The third-order valence-electron chi connectivity index (χ3n) is 2.93. The van der Waals surface area contributed by atoms with Crippen molar-refractivity contribution in [3.63, 3.8) is 0 Å². The maximum atomic E-state index is 10.8. The zero-order valence-electron chi connectivity index (χ0n) is 9.83. The first-order valence-corrected chi connectivity index (χ1v) is 5.90.